The van der Waals surface area contributed by atoms with Crippen LogP contribution in [0.2, 0.25) is 0 Å². The topological polar surface area (TPSA) is 25.8 Å². The van der Waals surface area contributed by atoms with E-state index < -0.39 is 0 Å². The van der Waals surface area contributed by atoms with E-state index in [2.05, 4.69) is 61.9 Å². The molecule has 0 bridgehead atoms. The van der Waals surface area contributed by atoms with E-state index in [1.807, 2.05) is 12.4 Å². The van der Waals surface area contributed by atoms with Gasteiger partial charge in [-0.05, 0) is 53.6 Å². The number of rotatable bonds is 5. The third-order valence-corrected chi connectivity index (χ3v) is 3.78. The van der Waals surface area contributed by atoms with Gasteiger partial charge in [-0.15, -0.1) is 0 Å². The van der Waals surface area contributed by atoms with Crippen LogP contribution in [0.15, 0.2) is 36.7 Å². The molecule has 0 aromatic carbocycles. The van der Waals surface area contributed by atoms with Crippen molar-refractivity contribution in [3.05, 3.63) is 47.8 Å². The summed E-state index contributed by atoms with van der Waals surface area (Å²) in [4.78, 5) is 9.00. The summed E-state index contributed by atoms with van der Waals surface area (Å²) in [6, 6.07) is 8.56. The summed E-state index contributed by atoms with van der Waals surface area (Å²) in [6.45, 7) is 8.90. The van der Waals surface area contributed by atoms with Crippen molar-refractivity contribution >= 4 is 0 Å². The second kappa shape index (κ2) is 6.84. The molecule has 0 saturated carbocycles. The lowest BCUT2D eigenvalue weighted by molar-refractivity contribution is 0.589. The normalized spacial score (nSPS) is 11.6. The second-order valence-electron chi connectivity index (χ2n) is 6.69. The van der Waals surface area contributed by atoms with Gasteiger partial charge in [-0.2, -0.15) is 0 Å². The van der Waals surface area contributed by atoms with Crippen molar-refractivity contribution in [2.75, 3.05) is 0 Å². The van der Waals surface area contributed by atoms with Crippen molar-refractivity contribution in [2.45, 2.75) is 58.8 Å². The minimum atomic E-state index is 0.135. The molecular weight excluding hydrogens is 256 g/mol. The average Bonchev–Trinajstić information content (AvgIpc) is 2.47. The first-order chi connectivity index (χ1) is 10.0. The first kappa shape index (κ1) is 15.7. The Morgan fingerprint density at radius 2 is 1.57 bits per heavy atom. The van der Waals surface area contributed by atoms with Crippen LogP contribution in [0.1, 0.15) is 58.1 Å². The molecule has 0 aliphatic carbocycles. The number of hydrogen-bond acceptors (Lipinski definition) is 2. The fraction of sp³-hybridized carbons (Fsp3) is 0.474. The van der Waals surface area contributed by atoms with Crippen molar-refractivity contribution in [3.63, 3.8) is 0 Å². The summed E-state index contributed by atoms with van der Waals surface area (Å²) >= 11 is 0. The van der Waals surface area contributed by atoms with Gasteiger partial charge in [0.1, 0.15) is 0 Å². The third-order valence-electron chi connectivity index (χ3n) is 3.78. The molecule has 0 aliphatic heterocycles. The van der Waals surface area contributed by atoms with E-state index in [-0.39, 0.29) is 5.41 Å². The maximum Gasteiger partial charge on any atom is 0.0889 e. The van der Waals surface area contributed by atoms with Crippen LogP contribution < -0.4 is 0 Å². The molecular formula is C19H26N2. The fourth-order valence-electron chi connectivity index (χ4n) is 2.39. The van der Waals surface area contributed by atoms with Crippen LogP contribution in [0, 0.1) is 0 Å². The first-order valence-corrected chi connectivity index (χ1v) is 7.92. The summed E-state index contributed by atoms with van der Waals surface area (Å²) < 4.78 is 0. The Morgan fingerprint density at radius 1 is 0.905 bits per heavy atom. The molecule has 0 radical (unpaired) electrons. The summed E-state index contributed by atoms with van der Waals surface area (Å²) in [7, 11) is 0. The van der Waals surface area contributed by atoms with Gasteiger partial charge in [-0.3, -0.25) is 9.97 Å². The predicted octanol–water partition coefficient (Wildman–Crippen LogP) is 5.17. The van der Waals surface area contributed by atoms with E-state index in [9.17, 15) is 0 Å². The highest BCUT2D eigenvalue weighted by molar-refractivity contribution is 5.56. The van der Waals surface area contributed by atoms with Crippen molar-refractivity contribution in [1.82, 2.24) is 9.97 Å². The Labute approximate surface area is 128 Å². The van der Waals surface area contributed by atoms with Gasteiger partial charge < -0.3 is 0 Å². The first-order valence-electron chi connectivity index (χ1n) is 7.92. The zero-order valence-corrected chi connectivity index (χ0v) is 13.7. The lowest BCUT2D eigenvalue weighted by Gasteiger charge is -2.19. The van der Waals surface area contributed by atoms with E-state index in [1.165, 1.54) is 30.4 Å². The summed E-state index contributed by atoms with van der Waals surface area (Å²) in [5, 5.41) is 0. The lowest BCUT2D eigenvalue weighted by Crippen LogP contribution is -2.11. The fourth-order valence-corrected chi connectivity index (χ4v) is 2.39. The molecule has 0 spiro atoms. The summed E-state index contributed by atoms with van der Waals surface area (Å²) in [6.07, 6.45) is 8.71. The quantitative estimate of drug-likeness (QED) is 0.707. The van der Waals surface area contributed by atoms with Crippen LogP contribution in [-0.2, 0) is 11.8 Å². The SMILES string of the molecule is CCCCCc1ccnc(-c2cc(C(C)(C)C)ccn2)c1. The predicted molar refractivity (Wildman–Crippen MR) is 89.4 cm³/mol. The molecule has 0 fully saturated rings. The van der Waals surface area contributed by atoms with Crippen LogP contribution in [0.3, 0.4) is 0 Å². The molecule has 0 atom stereocenters. The second-order valence-corrected chi connectivity index (χ2v) is 6.69. The van der Waals surface area contributed by atoms with Crippen molar-refractivity contribution in [1.29, 1.82) is 0 Å². The van der Waals surface area contributed by atoms with Crippen LogP contribution in [0.4, 0.5) is 0 Å². The van der Waals surface area contributed by atoms with E-state index >= 15 is 0 Å². The summed E-state index contributed by atoms with van der Waals surface area (Å²) in [5.74, 6) is 0. The highest BCUT2D eigenvalue weighted by atomic mass is 14.8. The number of hydrogen-bond donors (Lipinski definition) is 0. The largest absolute Gasteiger partial charge is 0.255 e. The molecule has 2 heteroatoms. The van der Waals surface area contributed by atoms with Gasteiger partial charge in [0.2, 0.25) is 0 Å². The van der Waals surface area contributed by atoms with Crippen LogP contribution >= 0.6 is 0 Å². The van der Waals surface area contributed by atoms with Crippen molar-refractivity contribution < 1.29 is 0 Å². The van der Waals surface area contributed by atoms with Crippen LogP contribution in [-0.4, -0.2) is 9.97 Å². The van der Waals surface area contributed by atoms with Crippen molar-refractivity contribution in [3.8, 4) is 11.4 Å². The Balaban J connectivity index is 2.24. The van der Waals surface area contributed by atoms with Gasteiger partial charge in [-0.1, -0.05) is 40.5 Å². The number of pyridine rings is 2. The molecule has 0 saturated heterocycles. The number of nitrogens with zero attached hydrogens (tertiary/aromatic N) is 2. The Hall–Kier alpha value is -1.70. The van der Waals surface area contributed by atoms with Crippen LogP contribution in [0.5, 0.6) is 0 Å². The van der Waals surface area contributed by atoms with Gasteiger partial charge in [0.15, 0.2) is 0 Å². The monoisotopic (exact) mass is 282 g/mol. The molecule has 0 amide bonds. The zero-order chi connectivity index (χ0) is 15.3. The third kappa shape index (κ3) is 4.38. The maximum atomic E-state index is 4.50. The van der Waals surface area contributed by atoms with E-state index in [4.69, 9.17) is 0 Å². The molecule has 21 heavy (non-hydrogen) atoms. The standard InChI is InChI=1S/C19H26N2/c1-5-6-7-8-15-9-11-20-17(13-15)18-14-16(10-12-21-18)19(2,3)4/h9-14H,5-8H2,1-4H3. The van der Waals surface area contributed by atoms with E-state index in [1.54, 1.807) is 0 Å². The molecule has 112 valence electrons. The molecule has 2 nitrogen and oxygen atoms in total. The summed E-state index contributed by atoms with van der Waals surface area (Å²) in [5.41, 5.74) is 4.74. The Kier molecular flexibility index (Phi) is 5.11. The maximum absolute atomic E-state index is 4.50. The van der Waals surface area contributed by atoms with Gasteiger partial charge in [-0.25, -0.2) is 0 Å². The Morgan fingerprint density at radius 3 is 2.24 bits per heavy atom. The minimum Gasteiger partial charge on any atom is -0.255 e. The number of aryl methyl sites for hydroxylation is 1. The molecule has 0 N–H and O–H groups in total. The van der Waals surface area contributed by atoms with Crippen LogP contribution in [0.25, 0.3) is 11.4 Å². The highest BCUT2D eigenvalue weighted by Crippen LogP contribution is 2.25. The van der Waals surface area contributed by atoms with Gasteiger partial charge >= 0.3 is 0 Å². The molecule has 2 heterocycles. The van der Waals surface area contributed by atoms with Gasteiger partial charge in [0, 0.05) is 12.4 Å². The minimum absolute atomic E-state index is 0.135. The molecule has 2 rings (SSSR count). The molecule has 0 aliphatic rings. The molecule has 2 aromatic heterocycles. The zero-order valence-electron chi connectivity index (χ0n) is 13.7. The number of unbranched alkanes of at least 4 members (excludes halogenated alkanes) is 2. The molecule has 0 unspecified atom stereocenters. The van der Waals surface area contributed by atoms with Crippen molar-refractivity contribution in [2.24, 2.45) is 0 Å². The highest BCUT2D eigenvalue weighted by Gasteiger charge is 2.15. The smallest absolute Gasteiger partial charge is 0.0889 e. The van der Waals surface area contributed by atoms with E-state index in [0.29, 0.717) is 0 Å². The lowest BCUT2D eigenvalue weighted by atomic mass is 9.87. The van der Waals surface area contributed by atoms with E-state index in [0.717, 1.165) is 17.8 Å². The Bertz CT molecular complexity index is 582. The van der Waals surface area contributed by atoms with Gasteiger partial charge in [0.25, 0.3) is 0 Å². The van der Waals surface area contributed by atoms with Gasteiger partial charge in [0.05, 0.1) is 11.4 Å². The average molecular weight is 282 g/mol. The molecule has 2 aromatic rings. The number of aromatic nitrogens is 2.